The van der Waals surface area contributed by atoms with E-state index in [1.54, 1.807) is 24.3 Å². The maximum atomic E-state index is 12.1. The van der Waals surface area contributed by atoms with Gasteiger partial charge >= 0.3 is 0 Å². The summed E-state index contributed by atoms with van der Waals surface area (Å²) < 4.78 is 10.0. The van der Waals surface area contributed by atoms with E-state index in [9.17, 15) is 9.90 Å². The Bertz CT molecular complexity index is 708. The molecule has 0 saturated carbocycles. The highest BCUT2D eigenvalue weighted by molar-refractivity contribution is 5.82. The molecule has 0 spiro atoms. The first-order chi connectivity index (χ1) is 11.5. The van der Waals surface area contributed by atoms with Crippen molar-refractivity contribution in [3.8, 4) is 5.75 Å². The number of nitrogens with one attached hydrogen (secondary N) is 1. The molecule has 8 heteroatoms. The number of nitrogens with two attached hydrogens (primary N) is 1. The molecule has 0 radical (unpaired) electrons. The molecule has 0 aliphatic heterocycles. The lowest BCUT2D eigenvalue weighted by molar-refractivity contribution is -0.129. The number of benzene rings is 1. The summed E-state index contributed by atoms with van der Waals surface area (Å²) in [5.74, 6) is 0.726. The summed E-state index contributed by atoms with van der Waals surface area (Å²) in [6.45, 7) is 0.365. The Hall–Kier alpha value is -2.71. The monoisotopic (exact) mass is 332 g/mol. The maximum Gasteiger partial charge on any atom is 0.253 e. The highest BCUT2D eigenvalue weighted by Crippen LogP contribution is 2.19. The minimum absolute atomic E-state index is 0.110. The van der Waals surface area contributed by atoms with Crippen LogP contribution < -0.4 is 15.8 Å². The smallest absolute Gasteiger partial charge is 0.253 e. The topological polar surface area (TPSA) is 120 Å². The molecular formula is C16H20N4O4. The summed E-state index contributed by atoms with van der Waals surface area (Å²) in [7, 11) is 3.05. The summed E-state index contributed by atoms with van der Waals surface area (Å²) in [5.41, 5.74) is 6.82. The molecule has 0 aliphatic rings. The van der Waals surface area contributed by atoms with Gasteiger partial charge in [-0.3, -0.25) is 4.79 Å². The molecule has 1 amide bonds. The Labute approximate surface area is 139 Å². The van der Waals surface area contributed by atoms with Gasteiger partial charge in [0, 0.05) is 25.4 Å². The van der Waals surface area contributed by atoms with E-state index in [1.807, 2.05) is 0 Å². The molecule has 128 valence electrons. The van der Waals surface area contributed by atoms with Gasteiger partial charge in [-0.1, -0.05) is 12.1 Å². The van der Waals surface area contributed by atoms with Gasteiger partial charge in [0.25, 0.3) is 5.91 Å². The van der Waals surface area contributed by atoms with E-state index >= 15 is 0 Å². The predicted molar refractivity (Wildman–Crippen MR) is 87.0 cm³/mol. The third-order valence-electron chi connectivity index (χ3n) is 3.33. The molecule has 0 saturated heterocycles. The predicted octanol–water partition coefficient (Wildman–Crippen LogP) is 0.564. The Morgan fingerprint density at radius 1 is 1.42 bits per heavy atom. The molecule has 24 heavy (non-hydrogen) atoms. The number of aliphatic hydroxyl groups excluding tert-OH is 1. The Balaban J connectivity index is 1.99. The van der Waals surface area contributed by atoms with Gasteiger partial charge < -0.3 is 25.6 Å². The molecule has 1 unspecified atom stereocenters. The van der Waals surface area contributed by atoms with Crippen LogP contribution in [0.3, 0.4) is 0 Å². The molecule has 1 heterocycles. The van der Waals surface area contributed by atoms with Gasteiger partial charge in [-0.25, -0.2) is 9.97 Å². The standard InChI is InChI=1S/C16H20N4O4/c1-23-9-13-18-7-11(15(17)20-13)8-19-16(22)14(21)10-4-3-5-12(6-10)24-2/h3-7,14,21H,8-9H2,1-2H3,(H,19,22)(H2,17,18,20). The Kier molecular flexibility index (Phi) is 6.05. The second-order valence-corrected chi connectivity index (χ2v) is 5.03. The van der Waals surface area contributed by atoms with Crippen molar-refractivity contribution in [3.05, 3.63) is 47.4 Å². The van der Waals surface area contributed by atoms with E-state index in [4.69, 9.17) is 15.2 Å². The maximum absolute atomic E-state index is 12.1. The first-order valence-corrected chi connectivity index (χ1v) is 7.24. The number of aliphatic hydroxyl groups is 1. The number of aromatic nitrogens is 2. The lowest BCUT2D eigenvalue weighted by Crippen LogP contribution is -2.29. The molecule has 1 atom stereocenters. The third kappa shape index (κ3) is 4.40. The van der Waals surface area contributed by atoms with Crippen LogP contribution in [0, 0.1) is 0 Å². The van der Waals surface area contributed by atoms with Gasteiger partial charge in [0.2, 0.25) is 0 Å². The zero-order chi connectivity index (χ0) is 17.5. The number of amides is 1. The summed E-state index contributed by atoms with van der Waals surface area (Å²) in [5, 5.41) is 12.7. The van der Waals surface area contributed by atoms with E-state index < -0.39 is 12.0 Å². The van der Waals surface area contributed by atoms with Crippen LogP contribution in [-0.4, -0.2) is 35.2 Å². The number of rotatable bonds is 7. The van der Waals surface area contributed by atoms with Crippen LogP contribution in [0.15, 0.2) is 30.5 Å². The van der Waals surface area contributed by atoms with Gasteiger partial charge in [0.1, 0.15) is 18.2 Å². The number of hydrogen-bond donors (Lipinski definition) is 3. The van der Waals surface area contributed by atoms with Gasteiger partial charge in [-0.15, -0.1) is 0 Å². The van der Waals surface area contributed by atoms with Gasteiger partial charge in [0.05, 0.1) is 7.11 Å². The number of nitrogen functional groups attached to an aromatic ring is 1. The zero-order valence-electron chi connectivity index (χ0n) is 13.5. The van der Waals surface area contributed by atoms with Crippen LogP contribution in [-0.2, 0) is 22.7 Å². The zero-order valence-corrected chi connectivity index (χ0v) is 13.5. The summed E-state index contributed by atoms with van der Waals surface area (Å²) in [6, 6.07) is 6.67. The quantitative estimate of drug-likeness (QED) is 0.678. The molecule has 0 aliphatic carbocycles. The van der Waals surface area contributed by atoms with Crippen molar-refractivity contribution < 1.29 is 19.4 Å². The lowest BCUT2D eigenvalue weighted by Gasteiger charge is -2.13. The summed E-state index contributed by atoms with van der Waals surface area (Å²) >= 11 is 0. The first-order valence-electron chi connectivity index (χ1n) is 7.24. The number of ether oxygens (including phenoxy) is 2. The molecule has 0 fully saturated rings. The van der Waals surface area contributed by atoms with Gasteiger partial charge in [-0.2, -0.15) is 0 Å². The highest BCUT2D eigenvalue weighted by atomic mass is 16.5. The second-order valence-electron chi connectivity index (χ2n) is 5.03. The second kappa shape index (κ2) is 8.23. The molecule has 0 bridgehead atoms. The fourth-order valence-corrected chi connectivity index (χ4v) is 2.04. The highest BCUT2D eigenvalue weighted by Gasteiger charge is 2.18. The van der Waals surface area contributed by atoms with E-state index in [0.29, 0.717) is 22.7 Å². The van der Waals surface area contributed by atoms with Crippen molar-refractivity contribution >= 4 is 11.7 Å². The fourth-order valence-electron chi connectivity index (χ4n) is 2.04. The van der Waals surface area contributed by atoms with E-state index in [2.05, 4.69) is 15.3 Å². The fraction of sp³-hybridized carbons (Fsp3) is 0.312. The van der Waals surface area contributed by atoms with Crippen LogP contribution in [0.2, 0.25) is 0 Å². The Morgan fingerprint density at radius 2 is 2.21 bits per heavy atom. The van der Waals surface area contributed by atoms with Crippen molar-refractivity contribution in [1.82, 2.24) is 15.3 Å². The number of carbonyl (C=O) groups excluding carboxylic acids is 1. The average molecular weight is 332 g/mol. The largest absolute Gasteiger partial charge is 0.497 e. The van der Waals surface area contributed by atoms with Gasteiger partial charge in [0.15, 0.2) is 11.9 Å². The van der Waals surface area contributed by atoms with E-state index in [1.165, 1.54) is 20.4 Å². The minimum atomic E-state index is -1.31. The van der Waals surface area contributed by atoms with Crippen LogP contribution in [0.1, 0.15) is 23.1 Å². The number of carbonyl (C=O) groups is 1. The third-order valence-corrected chi connectivity index (χ3v) is 3.33. The number of methoxy groups -OCH3 is 2. The summed E-state index contributed by atoms with van der Waals surface area (Å²) in [4.78, 5) is 20.3. The van der Waals surface area contributed by atoms with Crippen LogP contribution in [0.5, 0.6) is 5.75 Å². The SMILES string of the molecule is COCc1ncc(CNC(=O)C(O)c2cccc(OC)c2)c(N)n1. The molecular weight excluding hydrogens is 312 g/mol. The van der Waals surface area contributed by atoms with E-state index in [0.717, 1.165) is 0 Å². The van der Waals surface area contributed by atoms with Crippen molar-refractivity contribution in [2.24, 2.45) is 0 Å². The van der Waals surface area contributed by atoms with Crippen LogP contribution >= 0.6 is 0 Å². The van der Waals surface area contributed by atoms with Crippen molar-refractivity contribution in [2.75, 3.05) is 20.0 Å². The van der Waals surface area contributed by atoms with Crippen LogP contribution in [0.4, 0.5) is 5.82 Å². The molecule has 2 aromatic rings. The summed E-state index contributed by atoms with van der Waals surface area (Å²) in [6.07, 6.45) is 0.213. The number of nitrogens with zero attached hydrogens (tertiary/aromatic N) is 2. The molecule has 1 aromatic carbocycles. The molecule has 2 rings (SSSR count). The Morgan fingerprint density at radius 3 is 2.88 bits per heavy atom. The van der Waals surface area contributed by atoms with Crippen molar-refractivity contribution in [2.45, 2.75) is 19.3 Å². The van der Waals surface area contributed by atoms with Crippen LogP contribution in [0.25, 0.3) is 0 Å². The minimum Gasteiger partial charge on any atom is -0.497 e. The lowest BCUT2D eigenvalue weighted by atomic mass is 10.1. The van der Waals surface area contributed by atoms with E-state index in [-0.39, 0.29) is 19.0 Å². The van der Waals surface area contributed by atoms with Crippen molar-refractivity contribution in [3.63, 3.8) is 0 Å². The molecule has 8 nitrogen and oxygen atoms in total. The number of hydrogen-bond acceptors (Lipinski definition) is 7. The normalized spacial score (nSPS) is 11.8. The van der Waals surface area contributed by atoms with Crippen molar-refractivity contribution in [1.29, 1.82) is 0 Å². The molecule has 1 aromatic heterocycles. The average Bonchev–Trinajstić information content (AvgIpc) is 2.60. The molecule has 4 N–H and O–H groups in total. The number of anilines is 1. The van der Waals surface area contributed by atoms with Gasteiger partial charge in [-0.05, 0) is 17.7 Å². The first kappa shape index (κ1) is 17.6.